The van der Waals surface area contributed by atoms with Crippen LogP contribution in [0.2, 0.25) is 15.1 Å². The van der Waals surface area contributed by atoms with Crippen LogP contribution in [0.3, 0.4) is 0 Å². The summed E-state index contributed by atoms with van der Waals surface area (Å²) in [5.74, 6) is 0. The smallest absolute Gasteiger partial charge is 0.0529 e. The SMILES string of the molecule is C/C(=C/n1c2c(c3cc(Cl)ccc31)CN(C)CC2)c1ccc(Cl)cc1Cl. The second kappa shape index (κ2) is 6.94. The van der Waals surface area contributed by atoms with Crippen LogP contribution >= 0.6 is 34.8 Å². The van der Waals surface area contributed by atoms with E-state index in [9.17, 15) is 0 Å². The van der Waals surface area contributed by atoms with Crippen LogP contribution in [0.5, 0.6) is 0 Å². The molecule has 2 nitrogen and oxygen atoms in total. The van der Waals surface area contributed by atoms with Crippen molar-refractivity contribution in [3.8, 4) is 0 Å². The molecule has 2 heterocycles. The molecule has 5 heteroatoms. The molecule has 4 rings (SSSR count). The minimum absolute atomic E-state index is 0.646. The van der Waals surface area contributed by atoms with Crippen LogP contribution in [0, 0.1) is 0 Å². The Hall–Kier alpha value is -1.45. The molecule has 2 aromatic carbocycles. The van der Waals surface area contributed by atoms with Gasteiger partial charge in [0.25, 0.3) is 0 Å². The van der Waals surface area contributed by atoms with Crippen LogP contribution in [0.25, 0.3) is 22.7 Å². The predicted octanol–water partition coefficient (Wildman–Crippen LogP) is 6.61. The van der Waals surface area contributed by atoms with Gasteiger partial charge in [0, 0.05) is 51.9 Å². The summed E-state index contributed by atoms with van der Waals surface area (Å²) in [5.41, 5.74) is 5.99. The summed E-state index contributed by atoms with van der Waals surface area (Å²) in [4.78, 5) is 2.35. The molecule has 0 amide bonds. The van der Waals surface area contributed by atoms with Crippen LogP contribution < -0.4 is 0 Å². The van der Waals surface area contributed by atoms with Crippen molar-refractivity contribution < 1.29 is 0 Å². The average molecular weight is 406 g/mol. The minimum atomic E-state index is 0.646. The van der Waals surface area contributed by atoms with Crippen molar-refractivity contribution in [2.45, 2.75) is 19.9 Å². The molecule has 3 aromatic rings. The molecule has 0 radical (unpaired) electrons. The number of hydrogen-bond donors (Lipinski definition) is 0. The lowest BCUT2D eigenvalue weighted by Crippen LogP contribution is -2.26. The highest BCUT2D eigenvalue weighted by Crippen LogP contribution is 2.34. The van der Waals surface area contributed by atoms with E-state index in [0.717, 1.165) is 35.7 Å². The topological polar surface area (TPSA) is 8.17 Å². The monoisotopic (exact) mass is 404 g/mol. The van der Waals surface area contributed by atoms with Crippen molar-refractivity contribution in [2.24, 2.45) is 0 Å². The van der Waals surface area contributed by atoms with E-state index in [1.54, 1.807) is 6.07 Å². The molecule has 0 unspecified atom stereocenters. The van der Waals surface area contributed by atoms with Crippen LogP contribution in [-0.2, 0) is 13.0 Å². The van der Waals surface area contributed by atoms with Crippen LogP contribution in [0.15, 0.2) is 36.4 Å². The number of halogens is 3. The first-order valence-electron chi connectivity index (χ1n) is 8.57. The summed E-state index contributed by atoms with van der Waals surface area (Å²) in [6, 6.07) is 11.8. The van der Waals surface area contributed by atoms with Gasteiger partial charge in [0.15, 0.2) is 0 Å². The predicted molar refractivity (Wildman–Crippen MR) is 113 cm³/mol. The van der Waals surface area contributed by atoms with Gasteiger partial charge >= 0.3 is 0 Å². The van der Waals surface area contributed by atoms with E-state index in [0.29, 0.717) is 10.0 Å². The van der Waals surface area contributed by atoms with E-state index in [-0.39, 0.29) is 0 Å². The van der Waals surface area contributed by atoms with Crippen molar-refractivity contribution in [3.05, 3.63) is 68.3 Å². The summed E-state index contributed by atoms with van der Waals surface area (Å²) < 4.78 is 2.30. The minimum Gasteiger partial charge on any atom is -0.320 e. The molecule has 0 saturated heterocycles. The van der Waals surface area contributed by atoms with Gasteiger partial charge in [-0.25, -0.2) is 0 Å². The molecule has 134 valence electrons. The third kappa shape index (κ3) is 3.16. The second-order valence-electron chi connectivity index (χ2n) is 6.88. The molecular formula is C21H19Cl3N2. The van der Waals surface area contributed by atoms with E-state index >= 15 is 0 Å². The van der Waals surface area contributed by atoms with Gasteiger partial charge in [0.1, 0.15) is 0 Å². The molecule has 0 N–H and O–H groups in total. The average Bonchev–Trinajstić information content (AvgIpc) is 2.87. The Balaban J connectivity index is 1.91. The Labute approximate surface area is 168 Å². The molecule has 26 heavy (non-hydrogen) atoms. The van der Waals surface area contributed by atoms with Crippen molar-refractivity contribution in [1.29, 1.82) is 0 Å². The Kier molecular flexibility index (Phi) is 4.79. The van der Waals surface area contributed by atoms with Crippen molar-refractivity contribution >= 4 is 57.5 Å². The van der Waals surface area contributed by atoms with E-state index < -0.39 is 0 Å². The number of likely N-dealkylation sites (N-methyl/N-ethyl adjacent to an activating group) is 1. The maximum Gasteiger partial charge on any atom is 0.0529 e. The lowest BCUT2D eigenvalue weighted by molar-refractivity contribution is 0.312. The Morgan fingerprint density at radius 3 is 2.54 bits per heavy atom. The molecule has 0 saturated carbocycles. The highest BCUT2D eigenvalue weighted by Gasteiger charge is 2.22. The van der Waals surface area contributed by atoms with Crippen LogP contribution in [0.4, 0.5) is 0 Å². The fraction of sp³-hybridized carbons (Fsp3) is 0.238. The standard InChI is InChI=1S/C21H19Cl3N2/c1-13(16-5-3-15(23)10-19(16)24)11-26-20-6-4-14(22)9-17(20)18-12-25(2)8-7-21(18)26/h3-6,9-11H,7-8,12H2,1-2H3/b13-11-. The van der Waals surface area contributed by atoms with Crippen molar-refractivity contribution in [3.63, 3.8) is 0 Å². The summed E-state index contributed by atoms with van der Waals surface area (Å²) in [6.45, 7) is 4.07. The number of rotatable bonds is 2. The molecule has 1 aliphatic heterocycles. The van der Waals surface area contributed by atoms with Gasteiger partial charge in [-0.2, -0.15) is 0 Å². The number of allylic oxidation sites excluding steroid dienone is 1. The van der Waals surface area contributed by atoms with Gasteiger partial charge in [-0.15, -0.1) is 0 Å². The maximum absolute atomic E-state index is 6.41. The molecule has 0 bridgehead atoms. The number of benzene rings is 2. The van der Waals surface area contributed by atoms with E-state index in [1.165, 1.54) is 22.2 Å². The molecule has 0 fully saturated rings. The van der Waals surface area contributed by atoms with Gasteiger partial charge in [0.05, 0.1) is 5.52 Å². The summed E-state index contributed by atoms with van der Waals surface area (Å²) in [6.07, 6.45) is 3.19. The normalized spacial score (nSPS) is 15.5. The largest absolute Gasteiger partial charge is 0.320 e. The lowest BCUT2D eigenvalue weighted by atomic mass is 10.1. The molecule has 1 aromatic heterocycles. The second-order valence-corrected chi connectivity index (χ2v) is 8.16. The third-order valence-corrected chi connectivity index (χ3v) is 5.80. The Bertz CT molecular complexity index is 1030. The molecule has 0 spiro atoms. The zero-order chi connectivity index (χ0) is 18.4. The van der Waals surface area contributed by atoms with Crippen LogP contribution in [0.1, 0.15) is 23.7 Å². The number of hydrogen-bond acceptors (Lipinski definition) is 1. The molecule has 0 aliphatic carbocycles. The summed E-state index contributed by atoms with van der Waals surface area (Å²) in [7, 11) is 2.16. The molecule has 0 atom stereocenters. The zero-order valence-electron chi connectivity index (χ0n) is 14.7. The van der Waals surface area contributed by atoms with Gasteiger partial charge in [-0.05, 0) is 61.0 Å². The lowest BCUT2D eigenvalue weighted by Gasteiger charge is -2.23. The summed E-state index contributed by atoms with van der Waals surface area (Å²) >= 11 is 18.7. The fourth-order valence-corrected chi connectivity index (χ4v) is 4.45. The number of nitrogens with zero attached hydrogens (tertiary/aromatic N) is 2. The Morgan fingerprint density at radius 2 is 1.77 bits per heavy atom. The zero-order valence-corrected chi connectivity index (χ0v) is 17.0. The van der Waals surface area contributed by atoms with E-state index in [1.807, 2.05) is 18.2 Å². The van der Waals surface area contributed by atoms with Gasteiger partial charge < -0.3 is 9.47 Å². The van der Waals surface area contributed by atoms with E-state index in [2.05, 4.69) is 41.8 Å². The Morgan fingerprint density at radius 1 is 1.04 bits per heavy atom. The molecular weight excluding hydrogens is 387 g/mol. The molecule has 1 aliphatic rings. The summed E-state index contributed by atoms with van der Waals surface area (Å²) in [5, 5.41) is 3.31. The highest BCUT2D eigenvalue weighted by atomic mass is 35.5. The van der Waals surface area contributed by atoms with E-state index in [4.69, 9.17) is 34.8 Å². The first-order valence-corrected chi connectivity index (χ1v) is 9.71. The number of aromatic nitrogens is 1. The van der Waals surface area contributed by atoms with Crippen LogP contribution in [-0.4, -0.2) is 23.1 Å². The number of fused-ring (bicyclic) bond motifs is 3. The third-order valence-electron chi connectivity index (χ3n) is 5.02. The van der Waals surface area contributed by atoms with Crippen molar-refractivity contribution in [2.75, 3.05) is 13.6 Å². The highest BCUT2D eigenvalue weighted by molar-refractivity contribution is 6.35. The first-order chi connectivity index (χ1) is 12.4. The van der Waals surface area contributed by atoms with Gasteiger partial charge in [0.2, 0.25) is 0 Å². The van der Waals surface area contributed by atoms with Gasteiger partial charge in [-0.3, -0.25) is 0 Å². The first kappa shape index (κ1) is 17.9. The fourth-order valence-electron chi connectivity index (χ4n) is 3.72. The quantitative estimate of drug-likeness (QED) is 0.466. The van der Waals surface area contributed by atoms with Crippen molar-refractivity contribution in [1.82, 2.24) is 9.47 Å². The van der Waals surface area contributed by atoms with Gasteiger partial charge in [-0.1, -0.05) is 40.9 Å². The maximum atomic E-state index is 6.41.